The van der Waals surface area contributed by atoms with Crippen molar-refractivity contribution < 1.29 is 19.1 Å². The van der Waals surface area contributed by atoms with Gasteiger partial charge in [0, 0.05) is 53.1 Å². The van der Waals surface area contributed by atoms with Gasteiger partial charge >= 0.3 is 11.9 Å². The molecule has 8 heteroatoms. The molecule has 3 aliphatic rings. The molecule has 0 atom stereocenters. The molecule has 4 aromatic carbocycles. The Morgan fingerprint density at radius 2 is 1.14 bits per heavy atom. The summed E-state index contributed by atoms with van der Waals surface area (Å²) in [4.78, 5) is 33.6. The SMILES string of the molecule is CCN1/C(=C/C(/C=C2\Sc3ccc4ccccc4c3N2CC)=C2C(=O)OC(C)(C)OC2=O)Sc2ccc3ccccc3c21. The Bertz CT molecular complexity index is 1810. The van der Waals surface area contributed by atoms with Crippen molar-refractivity contribution >= 4 is 68.4 Å². The van der Waals surface area contributed by atoms with E-state index in [1.165, 1.54) is 0 Å². The van der Waals surface area contributed by atoms with Crippen LogP contribution in [0.5, 0.6) is 0 Å². The van der Waals surface area contributed by atoms with Gasteiger partial charge in [0.05, 0.1) is 21.4 Å². The van der Waals surface area contributed by atoms with Gasteiger partial charge in [-0.1, -0.05) is 84.2 Å². The van der Waals surface area contributed by atoms with Gasteiger partial charge in [0.1, 0.15) is 0 Å². The molecule has 43 heavy (non-hydrogen) atoms. The molecular weight excluding hydrogens is 577 g/mol. The van der Waals surface area contributed by atoms with Gasteiger partial charge in [-0.3, -0.25) is 0 Å². The molecule has 0 unspecified atom stereocenters. The van der Waals surface area contributed by atoms with Crippen LogP contribution < -0.4 is 9.80 Å². The van der Waals surface area contributed by atoms with Crippen LogP contribution in [0.15, 0.2) is 116 Å². The predicted molar refractivity (Wildman–Crippen MR) is 175 cm³/mol. The molecule has 1 saturated heterocycles. The lowest BCUT2D eigenvalue weighted by molar-refractivity contribution is -0.222. The van der Waals surface area contributed by atoms with Crippen molar-refractivity contribution in [2.75, 3.05) is 22.9 Å². The van der Waals surface area contributed by atoms with Gasteiger partial charge in [0.25, 0.3) is 5.79 Å². The number of anilines is 2. The van der Waals surface area contributed by atoms with Crippen LogP contribution in [0, 0.1) is 0 Å². The van der Waals surface area contributed by atoms with E-state index in [9.17, 15) is 9.59 Å². The molecule has 0 spiro atoms. The van der Waals surface area contributed by atoms with E-state index in [0.717, 1.165) is 52.8 Å². The molecule has 0 N–H and O–H groups in total. The van der Waals surface area contributed by atoms with Crippen LogP contribution in [-0.2, 0) is 19.1 Å². The van der Waals surface area contributed by atoms with E-state index in [-0.39, 0.29) is 5.57 Å². The van der Waals surface area contributed by atoms with Gasteiger partial charge in [0.15, 0.2) is 5.57 Å². The van der Waals surface area contributed by atoms with E-state index in [0.29, 0.717) is 18.7 Å². The molecule has 0 saturated carbocycles. The summed E-state index contributed by atoms with van der Waals surface area (Å²) in [5, 5.41) is 6.49. The molecule has 3 aliphatic heterocycles. The first-order valence-corrected chi connectivity index (χ1v) is 16.0. The van der Waals surface area contributed by atoms with Crippen molar-refractivity contribution in [3.63, 3.8) is 0 Å². The van der Waals surface area contributed by atoms with E-state index < -0.39 is 17.7 Å². The van der Waals surface area contributed by atoms with Crippen molar-refractivity contribution in [1.29, 1.82) is 0 Å². The van der Waals surface area contributed by atoms with Crippen LogP contribution in [0.4, 0.5) is 11.4 Å². The quantitative estimate of drug-likeness (QED) is 0.130. The van der Waals surface area contributed by atoms with E-state index in [4.69, 9.17) is 9.47 Å². The molecule has 6 nitrogen and oxygen atoms in total. The minimum absolute atomic E-state index is 0.103. The van der Waals surface area contributed by atoms with Gasteiger partial charge in [-0.2, -0.15) is 0 Å². The minimum atomic E-state index is -1.33. The molecule has 1 fully saturated rings. The van der Waals surface area contributed by atoms with Gasteiger partial charge in [-0.05, 0) is 48.9 Å². The molecule has 0 radical (unpaired) electrons. The topological polar surface area (TPSA) is 59.1 Å². The summed E-state index contributed by atoms with van der Waals surface area (Å²) < 4.78 is 11.1. The number of fused-ring (bicyclic) bond motifs is 6. The summed E-state index contributed by atoms with van der Waals surface area (Å²) in [7, 11) is 0. The highest BCUT2D eigenvalue weighted by atomic mass is 32.2. The first kappa shape index (κ1) is 27.7. The average Bonchev–Trinajstić information content (AvgIpc) is 3.53. The third-order valence-corrected chi connectivity index (χ3v) is 9.99. The number of hydrogen-bond donors (Lipinski definition) is 0. The fourth-order valence-electron chi connectivity index (χ4n) is 5.93. The minimum Gasteiger partial charge on any atom is -0.419 e. The second kappa shape index (κ2) is 10.5. The number of allylic oxidation sites excluding steroid dienone is 3. The molecule has 216 valence electrons. The zero-order valence-electron chi connectivity index (χ0n) is 24.3. The molecular formula is C35H30N2O4S2. The Morgan fingerprint density at radius 3 is 1.58 bits per heavy atom. The summed E-state index contributed by atoms with van der Waals surface area (Å²) in [5.74, 6) is -2.70. The Morgan fingerprint density at radius 1 is 0.698 bits per heavy atom. The number of hydrogen-bond acceptors (Lipinski definition) is 8. The fourth-order valence-corrected chi connectivity index (χ4v) is 8.32. The van der Waals surface area contributed by atoms with Gasteiger partial charge in [-0.15, -0.1) is 0 Å². The van der Waals surface area contributed by atoms with E-state index >= 15 is 0 Å². The van der Waals surface area contributed by atoms with Gasteiger partial charge in [0.2, 0.25) is 0 Å². The number of carbonyl (C=O) groups excluding carboxylic acids is 2. The number of esters is 2. The molecule has 0 amide bonds. The first-order chi connectivity index (χ1) is 20.8. The Hall–Kier alpha value is -4.14. The summed E-state index contributed by atoms with van der Waals surface area (Å²) in [6.07, 6.45) is 3.86. The molecule has 0 aromatic heterocycles. The highest BCUT2D eigenvalue weighted by Gasteiger charge is 2.41. The summed E-state index contributed by atoms with van der Waals surface area (Å²) in [6.45, 7) is 8.78. The Balaban J connectivity index is 1.40. The monoisotopic (exact) mass is 606 g/mol. The third kappa shape index (κ3) is 4.69. The number of carbonyl (C=O) groups is 2. The summed E-state index contributed by atoms with van der Waals surface area (Å²) >= 11 is 3.26. The number of ether oxygens (including phenoxy) is 2. The number of thioether (sulfide) groups is 2. The highest BCUT2D eigenvalue weighted by molar-refractivity contribution is 8.04. The second-order valence-corrected chi connectivity index (χ2v) is 13.1. The summed E-state index contributed by atoms with van der Waals surface area (Å²) in [5.41, 5.74) is 2.62. The van der Waals surface area contributed by atoms with Crippen LogP contribution in [0.2, 0.25) is 0 Å². The maximum absolute atomic E-state index is 13.4. The van der Waals surface area contributed by atoms with E-state index in [2.05, 4.69) is 84.3 Å². The third-order valence-electron chi connectivity index (χ3n) is 7.79. The second-order valence-electron chi connectivity index (χ2n) is 10.9. The lowest BCUT2D eigenvalue weighted by Gasteiger charge is -2.30. The highest BCUT2D eigenvalue weighted by Crippen LogP contribution is 2.52. The smallest absolute Gasteiger partial charge is 0.349 e. The number of rotatable bonds is 4. The maximum atomic E-state index is 13.4. The fraction of sp³-hybridized carbons (Fsp3) is 0.200. The van der Waals surface area contributed by atoms with Crippen molar-refractivity contribution in [3.8, 4) is 0 Å². The standard InChI is InChI=1S/C35H30N2O4S2/c1-5-36-28(42-26-17-15-21-11-7-9-13-24(21)31(26)36)19-23(30-33(38)40-35(3,4)41-34(30)39)20-29-37(6-2)32-25-14-10-8-12-22(25)16-18-27(32)43-29/h7-20H,5-6H2,1-4H3/b28-19-,29-20-. The van der Waals surface area contributed by atoms with E-state index in [1.54, 1.807) is 37.4 Å². The Kier molecular flexibility index (Phi) is 6.78. The zero-order valence-corrected chi connectivity index (χ0v) is 26.0. The van der Waals surface area contributed by atoms with Crippen molar-refractivity contribution in [2.24, 2.45) is 0 Å². The predicted octanol–water partition coefficient (Wildman–Crippen LogP) is 8.37. The van der Waals surface area contributed by atoms with Crippen LogP contribution in [-0.4, -0.2) is 30.8 Å². The average molecular weight is 607 g/mol. The van der Waals surface area contributed by atoms with Crippen LogP contribution >= 0.6 is 23.5 Å². The zero-order chi connectivity index (χ0) is 29.9. The largest absolute Gasteiger partial charge is 0.419 e. The van der Waals surface area contributed by atoms with Crippen molar-refractivity contribution in [1.82, 2.24) is 0 Å². The van der Waals surface area contributed by atoms with Crippen molar-refractivity contribution in [3.05, 3.63) is 106 Å². The maximum Gasteiger partial charge on any atom is 0.349 e. The lowest BCUT2D eigenvalue weighted by atomic mass is 10.1. The van der Waals surface area contributed by atoms with Crippen LogP contribution in [0.25, 0.3) is 21.5 Å². The van der Waals surface area contributed by atoms with Crippen molar-refractivity contribution in [2.45, 2.75) is 43.3 Å². The van der Waals surface area contributed by atoms with Crippen LogP contribution in [0.1, 0.15) is 27.7 Å². The molecule has 4 aromatic rings. The van der Waals surface area contributed by atoms with Crippen LogP contribution in [0.3, 0.4) is 0 Å². The molecule has 7 rings (SSSR count). The lowest BCUT2D eigenvalue weighted by Crippen LogP contribution is -2.42. The van der Waals surface area contributed by atoms with E-state index in [1.807, 2.05) is 24.3 Å². The molecule has 3 heterocycles. The number of cyclic esters (lactones) is 2. The van der Waals surface area contributed by atoms with Gasteiger partial charge < -0.3 is 19.3 Å². The van der Waals surface area contributed by atoms with Gasteiger partial charge in [-0.25, -0.2) is 9.59 Å². The number of benzene rings is 4. The normalized spacial score (nSPS) is 19.3. The molecule has 0 bridgehead atoms. The first-order valence-electron chi connectivity index (χ1n) is 14.4. The molecule has 0 aliphatic carbocycles. The number of nitrogens with zero attached hydrogens (tertiary/aromatic N) is 2. The Labute approximate surface area is 259 Å². The summed E-state index contributed by atoms with van der Waals surface area (Å²) in [6, 6.07) is 25.2.